The van der Waals surface area contributed by atoms with E-state index in [9.17, 15) is 13.2 Å². The number of carbonyl (C=O) groups is 1. The van der Waals surface area contributed by atoms with Gasteiger partial charge in [-0.15, -0.1) is 0 Å². The number of hydrogen-bond acceptors (Lipinski definition) is 4. The maximum atomic E-state index is 12.0. The lowest BCUT2D eigenvalue weighted by molar-refractivity contribution is 0.0955. The van der Waals surface area contributed by atoms with Crippen LogP contribution in [0.5, 0.6) is 0 Å². The van der Waals surface area contributed by atoms with Crippen LogP contribution in [0.15, 0.2) is 64.6 Å². The zero-order chi connectivity index (χ0) is 18.3. The number of sulfonamides is 1. The molecule has 2 aromatic rings. The highest BCUT2D eigenvalue weighted by molar-refractivity contribution is 7.89. The number of carbonyl (C=O) groups excluding carboxylic acids is 1. The van der Waals surface area contributed by atoms with Gasteiger partial charge in [-0.05, 0) is 43.2 Å². The molecule has 0 atom stereocenters. The van der Waals surface area contributed by atoms with Gasteiger partial charge in [0.25, 0.3) is 5.91 Å². The lowest BCUT2D eigenvalue weighted by Crippen LogP contribution is -2.24. The summed E-state index contributed by atoms with van der Waals surface area (Å²) in [5.74, 6) is -0.303. The molecule has 0 radical (unpaired) electrons. The molecular formula is C18H21N3O3S. The molecule has 0 aliphatic heterocycles. The van der Waals surface area contributed by atoms with E-state index < -0.39 is 10.0 Å². The molecule has 132 valence electrons. The summed E-state index contributed by atoms with van der Waals surface area (Å²) < 4.78 is 26.6. The Balaban J connectivity index is 2.07. The average molecular weight is 359 g/mol. The number of nitrogens with zero attached hydrogens (tertiary/aromatic N) is 1. The lowest BCUT2D eigenvalue weighted by Gasteiger charge is -2.07. The molecule has 0 saturated heterocycles. The Morgan fingerprint density at radius 3 is 2.24 bits per heavy atom. The Labute approximate surface area is 148 Å². The Morgan fingerprint density at radius 1 is 1.00 bits per heavy atom. The molecule has 0 heterocycles. The first-order valence-corrected chi connectivity index (χ1v) is 9.42. The van der Waals surface area contributed by atoms with Crippen molar-refractivity contribution in [3.05, 3.63) is 65.7 Å². The SMILES string of the molecule is CCCNS(=O)(=O)c1ccc(/C(C)=N\NC(=O)c2ccccc2)cc1. The molecule has 0 unspecified atom stereocenters. The van der Waals surface area contributed by atoms with Crippen molar-refractivity contribution in [1.29, 1.82) is 0 Å². The minimum atomic E-state index is -3.49. The van der Waals surface area contributed by atoms with Crippen LogP contribution in [-0.4, -0.2) is 26.6 Å². The summed E-state index contributed by atoms with van der Waals surface area (Å²) in [6.07, 6.45) is 0.726. The average Bonchev–Trinajstić information content (AvgIpc) is 2.65. The van der Waals surface area contributed by atoms with E-state index in [0.717, 1.165) is 12.0 Å². The Hall–Kier alpha value is -2.51. The van der Waals surface area contributed by atoms with Crippen LogP contribution in [-0.2, 0) is 10.0 Å². The van der Waals surface area contributed by atoms with E-state index in [2.05, 4.69) is 15.2 Å². The predicted molar refractivity (Wildman–Crippen MR) is 98.0 cm³/mol. The first kappa shape index (κ1) is 18.8. The molecular weight excluding hydrogens is 338 g/mol. The van der Waals surface area contributed by atoms with Gasteiger partial charge in [0.1, 0.15) is 0 Å². The Kier molecular flexibility index (Phi) is 6.44. The van der Waals surface area contributed by atoms with Crippen molar-refractivity contribution >= 4 is 21.6 Å². The van der Waals surface area contributed by atoms with Crippen LogP contribution < -0.4 is 10.1 Å². The van der Waals surface area contributed by atoms with Gasteiger partial charge in [0.05, 0.1) is 10.6 Å². The summed E-state index contributed by atoms with van der Waals surface area (Å²) in [5, 5.41) is 4.06. The van der Waals surface area contributed by atoms with E-state index in [0.29, 0.717) is 17.8 Å². The normalized spacial score (nSPS) is 12.0. The van der Waals surface area contributed by atoms with E-state index in [1.54, 1.807) is 43.3 Å². The quantitative estimate of drug-likeness (QED) is 0.588. The fourth-order valence-electron chi connectivity index (χ4n) is 2.05. The molecule has 0 aromatic heterocycles. The minimum Gasteiger partial charge on any atom is -0.267 e. The van der Waals surface area contributed by atoms with E-state index >= 15 is 0 Å². The maximum absolute atomic E-state index is 12.0. The molecule has 0 bridgehead atoms. The van der Waals surface area contributed by atoms with E-state index in [4.69, 9.17) is 0 Å². The summed E-state index contributed by atoms with van der Waals surface area (Å²) in [4.78, 5) is 12.2. The predicted octanol–water partition coefficient (Wildman–Crippen LogP) is 2.53. The molecule has 0 aliphatic carbocycles. The fraction of sp³-hybridized carbons (Fsp3) is 0.222. The monoisotopic (exact) mass is 359 g/mol. The molecule has 2 aromatic carbocycles. The minimum absolute atomic E-state index is 0.200. The lowest BCUT2D eigenvalue weighted by atomic mass is 10.1. The first-order chi connectivity index (χ1) is 11.9. The molecule has 0 saturated carbocycles. The molecule has 2 rings (SSSR count). The van der Waals surface area contributed by atoms with Gasteiger partial charge in [-0.25, -0.2) is 18.6 Å². The van der Waals surface area contributed by atoms with E-state index in [-0.39, 0.29) is 10.8 Å². The highest BCUT2D eigenvalue weighted by Crippen LogP contribution is 2.11. The maximum Gasteiger partial charge on any atom is 0.271 e. The van der Waals surface area contributed by atoms with Crippen LogP contribution >= 0.6 is 0 Å². The molecule has 6 nitrogen and oxygen atoms in total. The van der Waals surface area contributed by atoms with Gasteiger partial charge in [-0.1, -0.05) is 37.3 Å². The smallest absolute Gasteiger partial charge is 0.267 e. The van der Waals surface area contributed by atoms with Gasteiger partial charge in [0.2, 0.25) is 10.0 Å². The van der Waals surface area contributed by atoms with Gasteiger partial charge in [-0.2, -0.15) is 5.10 Å². The zero-order valence-corrected chi connectivity index (χ0v) is 15.0. The third-order valence-corrected chi connectivity index (χ3v) is 4.96. The Morgan fingerprint density at radius 2 is 1.64 bits per heavy atom. The standard InChI is InChI=1S/C18H21N3O3S/c1-3-13-19-25(23,24)17-11-9-15(10-12-17)14(2)20-21-18(22)16-7-5-4-6-8-16/h4-12,19H,3,13H2,1-2H3,(H,21,22)/b20-14-. The van der Waals surface area contributed by atoms with Gasteiger partial charge < -0.3 is 0 Å². The third-order valence-electron chi connectivity index (χ3n) is 3.49. The van der Waals surface area contributed by atoms with Crippen LogP contribution in [0.1, 0.15) is 36.2 Å². The van der Waals surface area contributed by atoms with Gasteiger partial charge in [-0.3, -0.25) is 4.79 Å². The molecule has 25 heavy (non-hydrogen) atoms. The second-order valence-electron chi connectivity index (χ2n) is 5.43. The number of amides is 1. The summed E-state index contributed by atoms with van der Waals surface area (Å²) in [7, 11) is -3.49. The molecule has 0 fully saturated rings. The summed E-state index contributed by atoms with van der Waals surface area (Å²) in [5.41, 5.74) is 4.31. The number of nitrogens with one attached hydrogen (secondary N) is 2. The van der Waals surface area contributed by atoms with Crippen molar-refractivity contribution in [3.63, 3.8) is 0 Å². The largest absolute Gasteiger partial charge is 0.271 e. The highest BCUT2D eigenvalue weighted by atomic mass is 32.2. The van der Waals surface area contributed by atoms with Crippen molar-refractivity contribution in [1.82, 2.24) is 10.1 Å². The molecule has 0 spiro atoms. The van der Waals surface area contributed by atoms with Crippen LogP contribution in [0, 0.1) is 0 Å². The summed E-state index contributed by atoms with van der Waals surface area (Å²) >= 11 is 0. The van der Waals surface area contributed by atoms with E-state index in [1.165, 1.54) is 12.1 Å². The number of hydrazone groups is 1. The molecule has 0 aliphatic rings. The zero-order valence-electron chi connectivity index (χ0n) is 14.2. The van der Waals surface area contributed by atoms with Gasteiger partial charge >= 0.3 is 0 Å². The fourth-order valence-corrected chi connectivity index (χ4v) is 3.18. The highest BCUT2D eigenvalue weighted by Gasteiger charge is 2.13. The van der Waals surface area contributed by atoms with E-state index in [1.807, 2.05) is 13.0 Å². The number of rotatable bonds is 7. The van der Waals surface area contributed by atoms with Crippen LogP contribution in [0.2, 0.25) is 0 Å². The number of benzene rings is 2. The Bertz CT molecular complexity index is 845. The topological polar surface area (TPSA) is 87.6 Å². The second-order valence-corrected chi connectivity index (χ2v) is 7.19. The molecule has 7 heteroatoms. The molecule has 1 amide bonds. The van der Waals surface area contributed by atoms with Crippen LogP contribution in [0.3, 0.4) is 0 Å². The number of hydrogen-bond donors (Lipinski definition) is 2. The van der Waals surface area contributed by atoms with Crippen LogP contribution in [0.25, 0.3) is 0 Å². The first-order valence-electron chi connectivity index (χ1n) is 7.94. The summed E-state index contributed by atoms with van der Waals surface area (Å²) in [6.45, 7) is 4.04. The van der Waals surface area contributed by atoms with Crippen molar-refractivity contribution in [2.24, 2.45) is 5.10 Å². The van der Waals surface area contributed by atoms with Crippen molar-refractivity contribution < 1.29 is 13.2 Å². The van der Waals surface area contributed by atoms with Gasteiger partial charge in [0, 0.05) is 12.1 Å². The van der Waals surface area contributed by atoms with Crippen molar-refractivity contribution in [2.45, 2.75) is 25.2 Å². The summed E-state index contributed by atoms with van der Waals surface area (Å²) in [6, 6.07) is 15.1. The third kappa shape index (κ3) is 5.23. The van der Waals surface area contributed by atoms with Crippen molar-refractivity contribution in [3.8, 4) is 0 Å². The van der Waals surface area contributed by atoms with Crippen LogP contribution in [0.4, 0.5) is 0 Å². The molecule has 2 N–H and O–H groups in total. The van der Waals surface area contributed by atoms with Crippen molar-refractivity contribution in [2.75, 3.05) is 6.54 Å². The second kappa shape index (κ2) is 8.55. The van der Waals surface area contributed by atoms with Gasteiger partial charge in [0.15, 0.2) is 0 Å².